The Labute approximate surface area is 128 Å². The van der Waals surface area contributed by atoms with Crippen LogP contribution in [0.5, 0.6) is 0 Å². The normalized spacial score (nSPS) is 24.5. The van der Waals surface area contributed by atoms with Gasteiger partial charge in [0.05, 0.1) is 18.3 Å². The topological polar surface area (TPSA) is 56.3 Å². The highest BCUT2D eigenvalue weighted by atomic mass is 16.5. The third-order valence-electron chi connectivity index (χ3n) is 4.25. The predicted octanol–water partition coefficient (Wildman–Crippen LogP) is 1.83. The molecule has 1 fully saturated rings. The number of piperidine rings is 1. The predicted molar refractivity (Wildman–Crippen MR) is 85.3 cm³/mol. The van der Waals surface area contributed by atoms with Crippen LogP contribution in [0.3, 0.4) is 0 Å². The number of methoxy groups -OCH3 is 1. The smallest absolute Gasteiger partial charge is 0.0726 e. The molecule has 2 unspecified atom stereocenters. The van der Waals surface area contributed by atoms with Gasteiger partial charge in [0.2, 0.25) is 0 Å². The van der Waals surface area contributed by atoms with E-state index in [4.69, 9.17) is 15.6 Å². The highest BCUT2D eigenvalue weighted by molar-refractivity contribution is 5.29. The van der Waals surface area contributed by atoms with E-state index in [-0.39, 0.29) is 17.5 Å². The summed E-state index contributed by atoms with van der Waals surface area (Å²) in [6.07, 6.45) is 4.38. The maximum atomic E-state index is 6.48. The molecule has 0 spiro atoms. The number of aromatic nitrogens is 2. The average molecular weight is 294 g/mol. The first-order valence-electron chi connectivity index (χ1n) is 7.87. The molecule has 0 aliphatic carbocycles. The summed E-state index contributed by atoms with van der Waals surface area (Å²) < 4.78 is 7.19. The molecular weight excluding hydrogens is 264 g/mol. The van der Waals surface area contributed by atoms with Gasteiger partial charge in [-0.05, 0) is 19.4 Å². The van der Waals surface area contributed by atoms with Gasteiger partial charge in [-0.3, -0.25) is 9.58 Å². The number of hydrogen-bond acceptors (Lipinski definition) is 4. The lowest BCUT2D eigenvalue weighted by atomic mass is 9.83. The molecular formula is C16H30N4O. The Balaban J connectivity index is 2.35. The minimum absolute atomic E-state index is 0.0285. The first-order valence-corrected chi connectivity index (χ1v) is 7.87. The summed E-state index contributed by atoms with van der Waals surface area (Å²) in [5.41, 5.74) is 8.95. The molecule has 5 heteroatoms. The molecule has 1 aromatic rings. The van der Waals surface area contributed by atoms with E-state index in [0.717, 1.165) is 38.2 Å². The van der Waals surface area contributed by atoms with Crippen molar-refractivity contribution in [3.05, 3.63) is 17.5 Å². The van der Waals surface area contributed by atoms with E-state index in [1.54, 1.807) is 7.11 Å². The van der Waals surface area contributed by atoms with Crippen molar-refractivity contribution in [2.45, 2.75) is 51.1 Å². The van der Waals surface area contributed by atoms with Crippen LogP contribution < -0.4 is 5.73 Å². The first kappa shape index (κ1) is 16.5. The minimum Gasteiger partial charge on any atom is -0.383 e. The molecule has 0 aromatic carbocycles. The summed E-state index contributed by atoms with van der Waals surface area (Å²) >= 11 is 0. The Morgan fingerprint density at radius 1 is 1.43 bits per heavy atom. The van der Waals surface area contributed by atoms with Gasteiger partial charge in [-0.1, -0.05) is 20.8 Å². The Morgan fingerprint density at radius 3 is 2.76 bits per heavy atom. The fourth-order valence-electron chi connectivity index (χ4n) is 3.29. The third-order valence-corrected chi connectivity index (χ3v) is 4.25. The molecule has 21 heavy (non-hydrogen) atoms. The molecule has 2 N–H and O–H groups in total. The Bertz CT molecular complexity index is 463. The van der Waals surface area contributed by atoms with Gasteiger partial charge in [0.25, 0.3) is 0 Å². The average Bonchev–Trinajstić information content (AvgIpc) is 2.78. The zero-order chi connectivity index (χ0) is 15.6. The standard InChI is InChI=1S/C16H30N4O/c1-16(2,3)15-12(11-19(4)18-15)14-13(17)7-6-8-20(14)9-10-21-5/h11,13-14H,6-10,17H2,1-5H3. The summed E-state index contributed by atoms with van der Waals surface area (Å²) in [7, 11) is 3.75. The summed E-state index contributed by atoms with van der Waals surface area (Å²) in [6.45, 7) is 9.40. The quantitative estimate of drug-likeness (QED) is 0.920. The molecule has 2 rings (SSSR count). The summed E-state index contributed by atoms with van der Waals surface area (Å²) in [5, 5.41) is 4.71. The van der Waals surface area contributed by atoms with Gasteiger partial charge in [-0.15, -0.1) is 0 Å². The maximum absolute atomic E-state index is 6.48. The molecule has 0 amide bonds. The van der Waals surface area contributed by atoms with Gasteiger partial charge in [0.15, 0.2) is 0 Å². The molecule has 0 saturated carbocycles. The first-order chi connectivity index (χ1) is 9.84. The van der Waals surface area contributed by atoms with Gasteiger partial charge in [-0.25, -0.2) is 0 Å². The van der Waals surface area contributed by atoms with Crippen molar-refractivity contribution in [2.75, 3.05) is 26.8 Å². The van der Waals surface area contributed by atoms with E-state index in [1.165, 1.54) is 5.56 Å². The van der Waals surface area contributed by atoms with E-state index in [2.05, 4.69) is 31.9 Å². The van der Waals surface area contributed by atoms with E-state index in [9.17, 15) is 0 Å². The van der Waals surface area contributed by atoms with Crippen molar-refractivity contribution in [1.29, 1.82) is 0 Å². The number of nitrogens with two attached hydrogens (primary N) is 1. The second-order valence-corrected chi connectivity index (χ2v) is 7.14. The number of nitrogens with zero attached hydrogens (tertiary/aromatic N) is 3. The zero-order valence-corrected chi connectivity index (χ0v) is 14.1. The SMILES string of the molecule is COCCN1CCCC(N)C1c1cn(C)nc1C(C)(C)C. The Morgan fingerprint density at radius 2 is 2.14 bits per heavy atom. The van der Waals surface area contributed by atoms with Crippen molar-refractivity contribution >= 4 is 0 Å². The van der Waals surface area contributed by atoms with Crippen LogP contribution in [0.4, 0.5) is 0 Å². The van der Waals surface area contributed by atoms with Crippen LogP contribution in [-0.2, 0) is 17.2 Å². The van der Waals surface area contributed by atoms with Crippen LogP contribution in [-0.4, -0.2) is 47.5 Å². The van der Waals surface area contributed by atoms with E-state index < -0.39 is 0 Å². The molecule has 0 radical (unpaired) electrons. The molecule has 120 valence electrons. The fourth-order valence-corrected chi connectivity index (χ4v) is 3.29. The highest BCUT2D eigenvalue weighted by Crippen LogP contribution is 2.35. The molecule has 1 aliphatic rings. The van der Waals surface area contributed by atoms with Crippen LogP contribution in [0.1, 0.15) is 50.9 Å². The number of rotatable bonds is 4. The molecule has 0 bridgehead atoms. The van der Waals surface area contributed by atoms with Crippen molar-refractivity contribution < 1.29 is 4.74 Å². The van der Waals surface area contributed by atoms with E-state index >= 15 is 0 Å². The van der Waals surface area contributed by atoms with Crippen LogP contribution in [0.25, 0.3) is 0 Å². The third kappa shape index (κ3) is 3.65. The molecule has 2 atom stereocenters. The molecule has 1 aromatic heterocycles. The van der Waals surface area contributed by atoms with Crippen molar-refractivity contribution in [2.24, 2.45) is 12.8 Å². The largest absolute Gasteiger partial charge is 0.383 e. The van der Waals surface area contributed by atoms with Crippen molar-refractivity contribution in [3.8, 4) is 0 Å². The molecule has 1 saturated heterocycles. The number of hydrogen-bond donors (Lipinski definition) is 1. The number of aryl methyl sites for hydroxylation is 1. The van der Waals surface area contributed by atoms with Crippen LogP contribution >= 0.6 is 0 Å². The van der Waals surface area contributed by atoms with Crippen LogP contribution in [0.2, 0.25) is 0 Å². The van der Waals surface area contributed by atoms with E-state index in [0.29, 0.717) is 0 Å². The monoisotopic (exact) mass is 294 g/mol. The molecule has 5 nitrogen and oxygen atoms in total. The summed E-state index contributed by atoms with van der Waals surface area (Å²) in [4.78, 5) is 2.46. The van der Waals surface area contributed by atoms with Crippen molar-refractivity contribution in [3.63, 3.8) is 0 Å². The number of likely N-dealkylation sites (tertiary alicyclic amines) is 1. The maximum Gasteiger partial charge on any atom is 0.0726 e. The minimum atomic E-state index is 0.0285. The Hall–Kier alpha value is -0.910. The fraction of sp³-hybridized carbons (Fsp3) is 0.812. The second-order valence-electron chi connectivity index (χ2n) is 7.14. The van der Waals surface area contributed by atoms with Gasteiger partial charge in [0, 0.05) is 43.9 Å². The molecule has 1 aliphatic heterocycles. The lowest BCUT2D eigenvalue weighted by Gasteiger charge is -2.40. The van der Waals surface area contributed by atoms with Gasteiger partial charge in [0.1, 0.15) is 0 Å². The summed E-state index contributed by atoms with van der Waals surface area (Å²) in [6, 6.07) is 0.415. The lowest BCUT2D eigenvalue weighted by Crippen LogP contribution is -2.47. The van der Waals surface area contributed by atoms with E-state index in [1.807, 2.05) is 11.7 Å². The zero-order valence-electron chi connectivity index (χ0n) is 14.1. The highest BCUT2D eigenvalue weighted by Gasteiger charge is 2.35. The number of ether oxygens (including phenoxy) is 1. The second kappa shape index (κ2) is 6.46. The van der Waals surface area contributed by atoms with Gasteiger partial charge < -0.3 is 10.5 Å². The van der Waals surface area contributed by atoms with Crippen LogP contribution in [0.15, 0.2) is 6.20 Å². The lowest BCUT2D eigenvalue weighted by molar-refractivity contribution is 0.0839. The van der Waals surface area contributed by atoms with Crippen LogP contribution in [0, 0.1) is 0 Å². The van der Waals surface area contributed by atoms with Gasteiger partial charge >= 0.3 is 0 Å². The molecule has 2 heterocycles. The van der Waals surface area contributed by atoms with Gasteiger partial charge in [-0.2, -0.15) is 5.10 Å². The van der Waals surface area contributed by atoms with Crippen molar-refractivity contribution in [1.82, 2.24) is 14.7 Å². The Kier molecular flexibility index (Phi) is 5.07. The summed E-state index contributed by atoms with van der Waals surface area (Å²) in [5.74, 6) is 0.